The maximum atomic E-state index is 13.5. The van der Waals surface area contributed by atoms with Gasteiger partial charge in [-0.25, -0.2) is 0 Å². The van der Waals surface area contributed by atoms with E-state index in [0.29, 0.717) is 34.9 Å². The van der Waals surface area contributed by atoms with E-state index in [2.05, 4.69) is 5.32 Å². The minimum absolute atomic E-state index is 0.0129. The van der Waals surface area contributed by atoms with Crippen LogP contribution in [0.4, 0.5) is 17.1 Å². The van der Waals surface area contributed by atoms with Gasteiger partial charge in [0.05, 0.1) is 18.2 Å². The van der Waals surface area contributed by atoms with E-state index in [0.717, 1.165) is 11.3 Å². The summed E-state index contributed by atoms with van der Waals surface area (Å²) in [5, 5.41) is 14.2. The van der Waals surface area contributed by atoms with Crippen LogP contribution in [0.5, 0.6) is 5.75 Å². The molecular formula is C30H31N3O5. The summed E-state index contributed by atoms with van der Waals surface area (Å²) in [6.45, 7) is 5.63. The molecule has 0 aromatic heterocycles. The number of aliphatic hydroxyl groups is 1. The first kappa shape index (κ1) is 26.5. The number of amides is 2. The Labute approximate surface area is 222 Å². The van der Waals surface area contributed by atoms with E-state index in [-0.39, 0.29) is 17.2 Å². The van der Waals surface area contributed by atoms with Crippen molar-refractivity contribution in [3.8, 4) is 5.75 Å². The van der Waals surface area contributed by atoms with Gasteiger partial charge >= 0.3 is 0 Å². The first-order chi connectivity index (χ1) is 18.1. The van der Waals surface area contributed by atoms with Crippen LogP contribution >= 0.6 is 0 Å². The number of carbonyl (C=O) groups is 3. The Kier molecular flexibility index (Phi) is 7.52. The summed E-state index contributed by atoms with van der Waals surface area (Å²) < 4.78 is 5.61. The van der Waals surface area contributed by atoms with Crippen molar-refractivity contribution in [2.75, 3.05) is 35.8 Å². The Morgan fingerprint density at radius 1 is 1.05 bits per heavy atom. The van der Waals surface area contributed by atoms with E-state index in [1.54, 1.807) is 42.5 Å². The van der Waals surface area contributed by atoms with Gasteiger partial charge in [-0.15, -0.1) is 0 Å². The molecule has 1 fully saturated rings. The molecule has 1 atom stereocenters. The van der Waals surface area contributed by atoms with Crippen LogP contribution in [0, 0.1) is 6.92 Å². The van der Waals surface area contributed by atoms with Crippen molar-refractivity contribution in [2.45, 2.75) is 26.8 Å². The largest absolute Gasteiger partial charge is 0.507 e. The van der Waals surface area contributed by atoms with Crippen LogP contribution in [0.15, 0.2) is 72.3 Å². The van der Waals surface area contributed by atoms with Gasteiger partial charge in [-0.3, -0.25) is 19.3 Å². The number of aryl methyl sites for hydroxylation is 1. The molecule has 1 aliphatic rings. The van der Waals surface area contributed by atoms with Gasteiger partial charge in [0.25, 0.3) is 11.7 Å². The van der Waals surface area contributed by atoms with E-state index in [9.17, 15) is 19.5 Å². The second kappa shape index (κ2) is 10.8. The number of hydrogen-bond donors (Lipinski definition) is 2. The molecule has 0 radical (unpaired) electrons. The summed E-state index contributed by atoms with van der Waals surface area (Å²) in [5.74, 6) is -1.41. The molecule has 3 aromatic carbocycles. The fourth-order valence-electron chi connectivity index (χ4n) is 4.58. The SMILES string of the molecule is CCOc1ccc(/C(O)=C2\C(=O)C(=O)N(c3cccc(NC(C)=O)c3)C2c2ccc(N(C)C)cc2)cc1C. The molecule has 2 N–H and O–H groups in total. The van der Waals surface area contributed by atoms with Crippen LogP contribution in [0.3, 0.4) is 0 Å². The molecule has 1 heterocycles. The van der Waals surface area contributed by atoms with Crippen LogP contribution < -0.4 is 19.9 Å². The third-order valence-corrected chi connectivity index (χ3v) is 6.36. The number of carbonyl (C=O) groups excluding carboxylic acids is 3. The molecular weight excluding hydrogens is 482 g/mol. The molecule has 2 amide bonds. The zero-order valence-electron chi connectivity index (χ0n) is 22.1. The molecule has 1 unspecified atom stereocenters. The lowest BCUT2D eigenvalue weighted by atomic mass is 9.94. The molecule has 4 rings (SSSR count). The van der Waals surface area contributed by atoms with Gasteiger partial charge in [-0.05, 0) is 73.5 Å². The van der Waals surface area contributed by atoms with Crippen molar-refractivity contribution in [2.24, 2.45) is 0 Å². The number of Topliss-reactive ketones (excluding diaryl/α,β-unsaturated/α-hetero) is 1. The van der Waals surface area contributed by atoms with Gasteiger partial charge in [0.15, 0.2) is 0 Å². The van der Waals surface area contributed by atoms with Gasteiger partial charge in [0, 0.05) is 43.6 Å². The molecule has 8 heteroatoms. The van der Waals surface area contributed by atoms with Crippen molar-refractivity contribution in [1.29, 1.82) is 0 Å². The highest BCUT2D eigenvalue weighted by Gasteiger charge is 2.47. The fourth-order valence-corrected chi connectivity index (χ4v) is 4.58. The second-order valence-corrected chi connectivity index (χ2v) is 9.30. The number of benzene rings is 3. The molecule has 3 aromatic rings. The number of ketones is 1. The van der Waals surface area contributed by atoms with Crippen molar-refractivity contribution < 1.29 is 24.2 Å². The smallest absolute Gasteiger partial charge is 0.300 e. The first-order valence-electron chi connectivity index (χ1n) is 12.3. The van der Waals surface area contributed by atoms with Crippen LogP contribution in [0.25, 0.3) is 5.76 Å². The summed E-state index contributed by atoms with van der Waals surface area (Å²) in [4.78, 5) is 41.9. The number of hydrogen-bond acceptors (Lipinski definition) is 6. The Morgan fingerprint density at radius 3 is 2.37 bits per heavy atom. The predicted octanol–water partition coefficient (Wildman–Crippen LogP) is 5.04. The summed E-state index contributed by atoms with van der Waals surface area (Å²) in [7, 11) is 3.84. The van der Waals surface area contributed by atoms with Crippen LogP contribution in [-0.4, -0.2) is 43.4 Å². The van der Waals surface area contributed by atoms with E-state index in [1.807, 2.05) is 57.1 Å². The highest BCUT2D eigenvalue weighted by Crippen LogP contribution is 2.43. The monoisotopic (exact) mass is 513 g/mol. The molecule has 0 bridgehead atoms. The maximum absolute atomic E-state index is 13.5. The topological polar surface area (TPSA) is 99.2 Å². The minimum Gasteiger partial charge on any atom is -0.507 e. The van der Waals surface area contributed by atoms with Crippen LogP contribution in [-0.2, 0) is 14.4 Å². The molecule has 0 saturated carbocycles. The number of nitrogens with zero attached hydrogens (tertiary/aromatic N) is 2. The lowest BCUT2D eigenvalue weighted by Gasteiger charge is -2.26. The molecule has 38 heavy (non-hydrogen) atoms. The molecule has 1 aliphatic heterocycles. The zero-order valence-corrected chi connectivity index (χ0v) is 22.1. The summed E-state index contributed by atoms with van der Waals surface area (Å²) in [6, 6.07) is 18.4. The summed E-state index contributed by atoms with van der Waals surface area (Å²) >= 11 is 0. The fraction of sp³-hybridized carbons (Fsp3) is 0.233. The molecule has 196 valence electrons. The quantitative estimate of drug-likeness (QED) is 0.261. The van der Waals surface area contributed by atoms with E-state index < -0.39 is 17.7 Å². The van der Waals surface area contributed by atoms with Gasteiger partial charge in [-0.1, -0.05) is 18.2 Å². The van der Waals surface area contributed by atoms with Gasteiger partial charge in [0.2, 0.25) is 5.91 Å². The minimum atomic E-state index is -0.884. The zero-order chi connectivity index (χ0) is 27.6. The number of nitrogens with one attached hydrogen (secondary N) is 1. The van der Waals surface area contributed by atoms with Crippen molar-refractivity contribution in [3.05, 3.63) is 89.0 Å². The summed E-state index contributed by atoms with van der Waals surface area (Å²) in [6.07, 6.45) is 0. The number of ether oxygens (including phenoxy) is 1. The van der Waals surface area contributed by atoms with Crippen molar-refractivity contribution in [3.63, 3.8) is 0 Å². The first-order valence-corrected chi connectivity index (χ1v) is 12.3. The van der Waals surface area contributed by atoms with Crippen LogP contribution in [0.2, 0.25) is 0 Å². The Hall–Kier alpha value is -4.59. The summed E-state index contributed by atoms with van der Waals surface area (Å²) in [5.41, 5.74) is 3.69. The van der Waals surface area contributed by atoms with Crippen molar-refractivity contribution in [1.82, 2.24) is 0 Å². The maximum Gasteiger partial charge on any atom is 0.300 e. The molecule has 8 nitrogen and oxygen atoms in total. The lowest BCUT2D eigenvalue weighted by Crippen LogP contribution is -2.29. The standard InChI is InChI=1S/C30H31N3O5/c1-6-38-25-15-12-21(16-18(25)2)28(35)26-27(20-10-13-23(14-11-20)32(4)5)33(30(37)29(26)36)24-9-7-8-22(17-24)31-19(3)34/h7-17,27,35H,6H2,1-5H3,(H,31,34)/b28-26+. The number of aliphatic hydroxyl groups excluding tert-OH is 1. The van der Waals surface area contributed by atoms with Gasteiger partial charge in [-0.2, -0.15) is 0 Å². The Morgan fingerprint density at radius 2 is 1.76 bits per heavy atom. The van der Waals surface area contributed by atoms with E-state index in [1.165, 1.54) is 11.8 Å². The molecule has 1 saturated heterocycles. The normalized spacial score (nSPS) is 16.4. The average molecular weight is 514 g/mol. The van der Waals surface area contributed by atoms with Gasteiger partial charge < -0.3 is 20.1 Å². The third-order valence-electron chi connectivity index (χ3n) is 6.36. The van der Waals surface area contributed by atoms with E-state index >= 15 is 0 Å². The Bertz CT molecular complexity index is 1430. The van der Waals surface area contributed by atoms with E-state index in [4.69, 9.17) is 4.74 Å². The highest BCUT2D eigenvalue weighted by atomic mass is 16.5. The van der Waals surface area contributed by atoms with Crippen LogP contribution in [0.1, 0.15) is 36.6 Å². The van der Waals surface area contributed by atoms with Crippen molar-refractivity contribution >= 4 is 40.4 Å². The third kappa shape index (κ3) is 5.11. The Balaban J connectivity index is 1.90. The lowest BCUT2D eigenvalue weighted by molar-refractivity contribution is -0.132. The number of rotatable bonds is 7. The second-order valence-electron chi connectivity index (χ2n) is 9.30. The van der Waals surface area contributed by atoms with Gasteiger partial charge in [0.1, 0.15) is 11.5 Å². The number of anilines is 3. The highest BCUT2D eigenvalue weighted by molar-refractivity contribution is 6.51. The average Bonchev–Trinajstić information content (AvgIpc) is 3.15. The molecule has 0 aliphatic carbocycles. The predicted molar refractivity (Wildman–Crippen MR) is 149 cm³/mol. The molecule has 0 spiro atoms.